The number of aromatic amines is 1. The van der Waals surface area contributed by atoms with Gasteiger partial charge in [-0.25, -0.2) is 0 Å². The molecular formula is C8H11NO2. The lowest BCUT2D eigenvalue weighted by Crippen LogP contribution is -1.98. The van der Waals surface area contributed by atoms with Gasteiger partial charge in [-0.3, -0.25) is 4.79 Å². The molecule has 0 aliphatic carbocycles. The summed E-state index contributed by atoms with van der Waals surface area (Å²) in [5.74, 6) is 0.0836. The van der Waals surface area contributed by atoms with Gasteiger partial charge in [0.1, 0.15) is 0 Å². The molecule has 1 rings (SSSR count). The number of rotatable bonds is 4. The second-order valence-electron chi connectivity index (χ2n) is 2.35. The molecule has 0 bridgehead atoms. The Morgan fingerprint density at radius 1 is 1.64 bits per heavy atom. The third-order valence-electron chi connectivity index (χ3n) is 1.48. The zero-order chi connectivity index (χ0) is 8.10. The van der Waals surface area contributed by atoms with Crippen molar-refractivity contribution < 1.29 is 9.90 Å². The predicted octanol–water partition coefficient (Wildman–Crippen LogP) is 0.970. The van der Waals surface area contributed by atoms with Crippen molar-refractivity contribution in [2.24, 2.45) is 0 Å². The smallest absolute Gasteiger partial charge is 0.164 e. The van der Waals surface area contributed by atoms with Crippen LogP contribution in [0, 0.1) is 0 Å². The van der Waals surface area contributed by atoms with Crippen LogP contribution >= 0.6 is 0 Å². The molecule has 1 aromatic heterocycles. The van der Waals surface area contributed by atoms with Crippen LogP contribution in [0.3, 0.4) is 0 Å². The van der Waals surface area contributed by atoms with E-state index >= 15 is 0 Å². The van der Waals surface area contributed by atoms with Gasteiger partial charge >= 0.3 is 0 Å². The molecule has 0 aromatic carbocycles. The number of ketones is 1. The van der Waals surface area contributed by atoms with Crippen molar-refractivity contribution in [3.05, 3.63) is 24.0 Å². The highest BCUT2D eigenvalue weighted by molar-refractivity contribution is 5.95. The van der Waals surface area contributed by atoms with Crippen LogP contribution in [0.4, 0.5) is 0 Å². The Morgan fingerprint density at radius 3 is 3.00 bits per heavy atom. The molecular weight excluding hydrogens is 142 g/mol. The van der Waals surface area contributed by atoms with Gasteiger partial charge in [0.2, 0.25) is 0 Å². The summed E-state index contributed by atoms with van der Waals surface area (Å²) in [7, 11) is 0. The number of H-pyrrole nitrogens is 1. The van der Waals surface area contributed by atoms with E-state index in [4.69, 9.17) is 5.11 Å². The highest BCUT2D eigenvalue weighted by Crippen LogP contribution is 2.02. The summed E-state index contributed by atoms with van der Waals surface area (Å²) in [6.07, 6.45) is 4.35. The van der Waals surface area contributed by atoms with Gasteiger partial charge in [0, 0.05) is 31.0 Å². The molecule has 11 heavy (non-hydrogen) atoms. The van der Waals surface area contributed by atoms with Gasteiger partial charge in [0.25, 0.3) is 0 Å². The molecule has 0 spiro atoms. The van der Waals surface area contributed by atoms with E-state index in [2.05, 4.69) is 4.98 Å². The number of hydrogen-bond donors (Lipinski definition) is 2. The number of aromatic nitrogens is 1. The molecule has 2 N–H and O–H groups in total. The maximum Gasteiger partial charge on any atom is 0.164 e. The van der Waals surface area contributed by atoms with E-state index in [-0.39, 0.29) is 12.4 Å². The number of aliphatic hydroxyl groups is 1. The third-order valence-corrected chi connectivity index (χ3v) is 1.48. The van der Waals surface area contributed by atoms with E-state index in [0.717, 1.165) is 0 Å². The van der Waals surface area contributed by atoms with Crippen molar-refractivity contribution >= 4 is 5.78 Å². The lowest BCUT2D eigenvalue weighted by molar-refractivity contribution is 0.0971. The van der Waals surface area contributed by atoms with E-state index in [0.29, 0.717) is 18.4 Å². The molecule has 3 heteroatoms. The van der Waals surface area contributed by atoms with Gasteiger partial charge in [-0.2, -0.15) is 0 Å². The van der Waals surface area contributed by atoms with Crippen LogP contribution in [-0.2, 0) is 0 Å². The number of hydrogen-bond acceptors (Lipinski definition) is 2. The van der Waals surface area contributed by atoms with Crippen molar-refractivity contribution in [2.45, 2.75) is 12.8 Å². The first-order chi connectivity index (χ1) is 5.34. The van der Waals surface area contributed by atoms with E-state index in [1.54, 1.807) is 18.5 Å². The average Bonchev–Trinajstić information content (AvgIpc) is 2.52. The number of Topliss-reactive ketones (excluding diaryl/α,β-unsaturated/α-hetero) is 1. The zero-order valence-electron chi connectivity index (χ0n) is 6.21. The molecule has 0 fully saturated rings. The Bertz CT molecular complexity index is 216. The predicted molar refractivity (Wildman–Crippen MR) is 41.4 cm³/mol. The summed E-state index contributed by atoms with van der Waals surface area (Å²) < 4.78 is 0. The molecule has 0 aliphatic rings. The monoisotopic (exact) mass is 153 g/mol. The molecule has 0 saturated heterocycles. The highest BCUT2D eigenvalue weighted by atomic mass is 16.3. The molecule has 0 amide bonds. The topological polar surface area (TPSA) is 53.1 Å². The van der Waals surface area contributed by atoms with Gasteiger partial charge < -0.3 is 10.1 Å². The van der Waals surface area contributed by atoms with Gasteiger partial charge in [0.05, 0.1) is 0 Å². The van der Waals surface area contributed by atoms with Crippen molar-refractivity contribution in [1.29, 1.82) is 0 Å². The minimum atomic E-state index is 0.0795. The van der Waals surface area contributed by atoms with Crippen LogP contribution in [0.15, 0.2) is 18.5 Å². The molecule has 0 saturated carbocycles. The minimum absolute atomic E-state index is 0.0795. The SMILES string of the molecule is O=C(CCCO)c1cc[nH]c1. The first kappa shape index (κ1) is 8.01. The number of nitrogens with one attached hydrogen (secondary N) is 1. The summed E-state index contributed by atoms with van der Waals surface area (Å²) in [4.78, 5) is 13.9. The molecule has 1 heterocycles. The molecule has 60 valence electrons. The molecule has 1 aromatic rings. The Kier molecular flexibility index (Phi) is 2.86. The fourth-order valence-corrected chi connectivity index (χ4v) is 0.881. The lowest BCUT2D eigenvalue weighted by Gasteiger charge is -1.93. The second kappa shape index (κ2) is 3.93. The Morgan fingerprint density at radius 2 is 2.45 bits per heavy atom. The second-order valence-corrected chi connectivity index (χ2v) is 2.35. The molecule has 0 atom stereocenters. The lowest BCUT2D eigenvalue weighted by atomic mass is 10.1. The summed E-state index contributed by atoms with van der Waals surface area (Å²) in [6.45, 7) is 0.0795. The fourth-order valence-electron chi connectivity index (χ4n) is 0.881. The maximum atomic E-state index is 11.1. The summed E-state index contributed by atoms with van der Waals surface area (Å²) in [5, 5.41) is 8.45. The Labute approximate surface area is 65.1 Å². The quantitative estimate of drug-likeness (QED) is 0.633. The minimum Gasteiger partial charge on any atom is -0.396 e. The average molecular weight is 153 g/mol. The maximum absolute atomic E-state index is 11.1. The zero-order valence-corrected chi connectivity index (χ0v) is 6.21. The van der Waals surface area contributed by atoms with Crippen LogP contribution in [0.5, 0.6) is 0 Å². The van der Waals surface area contributed by atoms with E-state index in [1.807, 2.05) is 0 Å². The van der Waals surface area contributed by atoms with Crippen LogP contribution in [0.25, 0.3) is 0 Å². The Hall–Kier alpha value is -1.09. The van der Waals surface area contributed by atoms with Crippen LogP contribution in [-0.4, -0.2) is 22.5 Å². The van der Waals surface area contributed by atoms with Crippen molar-refractivity contribution in [3.63, 3.8) is 0 Å². The standard InChI is InChI=1S/C8H11NO2/c10-5-1-2-8(11)7-3-4-9-6-7/h3-4,6,9-10H,1-2,5H2. The third kappa shape index (κ3) is 2.20. The van der Waals surface area contributed by atoms with Gasteiger partial charge in [0.15, 0.2) is 5.78 Å². The van der Waals surface area contributed by atoms with Crippen LogP contribution in [0.2, 0.25) is 0 Å². The van der Waals surface area contributed by atoms with E-state index in [9.17, 15) is 4.79 Å². The molecule has 0 aliphatic heterocycles. The number of carbonyl (C=O) groups is 1. The molecule has 0 unspecified atom stereocenters. The normalized spacial score (nSPS) is 9.91. The van der Waals surface area contributed by atoms with Gasteiger partial charge in [-0.15, -0.1) is 0 Å². The largest absolute Gasteiger partial charge is 0.396 e. The molecule has 3 nitrogen and oxygen atoms in total. The van der Waals surface area contributed by atoms with E-state index in [1.165, 1.54) is 0 Å². The van der Waals surface area contributed by atoms with Crippen LogP contribution in [0.1, 0.15) is 23.2 Å². The number of carbonyl (C=O) groups excluding carboxylic acids is 1. The first-order valence-corrected chi connectivity index (χ1v) is 3.61. The van der Waals surface area contributed by atoms with E-state index < -0.39 is 0 Å². The van der Waals surface area contributed by atoms with Crippen molar-refractivity contribution in [1.82, 2.24) is 4.98 Å². The highest BCUT2D eigenvalue weighted by Gasteiger charge is 2.03. The summed E-state index contributed by atoms with van der Waals surface area (Å²) in [5.41, 5.74) is 0.693. The summed E-state index contributed by atoms with van der Waals surface area (Å²) in [6, 6.07) is 1.74. The first-order valence-electron chi connectivity index (χ1n) is 3.61. The number of aliphatic hydroxyl groups excluding tert-OH is 1. The fraction of sp³-hybridized carbons (Fsp3) is 0.375. The van der Waals surface area contributed by atoms with Crippen molar-refractivity contribution in [3.8, 4) is 0 Å². The van der Waals surface area contributed by atoms with Gasteiger partial charge in [-0.05, 0) is 12.5 Å². The summed E-state index contributed by atoms with van der Waals surface area (Å²) >= 11 is 0. The van der Waals surface area contributed by atoms with Crippen LogP contribution < -0.4 is 0 Å². The molecule has 0 radical (unpaired) electrons. The van der Waals surface area contributed by atoms with Crippen molar-refractivity contribution in [2.75, 3.05) is 6.61 Å². The van der Waals surface area contributed by atoms with Gasteiger partial charge in [-0.1, -0.05) is 0 Å². The Balaban J connectivity index is 2.43.